The second-order valence-corrected chi connectivity index (χ2v) is 10.4. The first-order valence-corrected chi connectivity index (χ1v) is 12.6. The fraction of sp³-hybridized carbons (Fsp3) is 0.381. The van der Waals surface area contributed by atoms with Crippen molar-refractivity contribution in [3.63, 3.8) is 0 Å². The largest absolute Gasteiger partial charge is 0.349 e. The second kappa shape index (κ2) is 9.51. The highest BCUT2D eigenvalue weighted by Crippen LogP contribution is 2.26. The van der Waals surface area contributed by atoms with Crippen molar-refractivity contribution in [1.29, 1.82) is 0 Å². The van der Waals surface area contributed by atoms with E-state index in [0.717, 1.165) is 5.56 Å². The third-order valence-electron chi connectivity index (χ3n) is 5.25. The van der Waals surface area contributed by atoms with Crippen LogP contribution in [0.1, 0.15) is 31.4 Å². The molecule has 8 heteroatoms. The molecule has 1 atom stereocenters. The van der Waals surface area contributed by atoms with Crippen molar-refractivity contribution in [3.05, 3.63) is 59.1 Å². The van der Waals surface area contributed by atoms with E-state index in [1.54, 1.807) is 23.9 Å². The van der Waals surface area contributed by atoms with Gasteiger partial charge in [0.15, 0.2) is 0 Å². The molecule has 0 spiro atoms. The van der Waals surface area contributed by atoms with Gasteiger partial charge in [-0.05, 0) is 68.0 Å². The van der Waals surface area contributed by atoms with E-state index < -0.39 is 10.0 Å². The van der Waals surface area contributed by atoms with Gasteiger partial charge in [-0.15, -0.1) is 11.8 Å². The van der Waals surface area contributed by atoms with E-state index in [4.69, 9.17) is 11.6 Å². The van der Waals surface area contributed by atoms with Gasteiger partial charge in [-0.2, -0.15) is 4.31 Å². The van der Waals surface area contributed by atoms with Crippen LogP contribution in [0.3, 0.4) is 0 Å². The number of hydrogen-bond donors (Lipinski definition) is 1. The Hall–Kier alpha value is -1.54. The number of hydrogen-bond acceptors (Lipinski definition) is 4. The molecule has 1 N–H and O–H groups in total. The van der Waals surface area contributed by atoms with E-state index in [-0.39, 0.29) is 22.8 Å². The summed E-state index contributed by atoms with van der Waals surface area (Å²) >= 11 is 7.53. The smallest absolute Gasteiger partial charge is 0.243 e. The molecule has 5 nitrogen and oxygen atoms in total. The summed E-state index contributed by atoms with van der Waals surface area (Å²) in [5.41, 5.74) is 1.05. The molecule has 1 aliphatic heterocycles. The van der Waals surface area contributed by atoms with Gasteiger partial charge in [0.25, 0.3) is 0 Å². The molecule has 1 aliphatic rings. The van der Waals surface area contributed by atoms with Gasteiger partial charge in [0.2, 0.25) is 15.9 Å². The number of nitrogens with one attached hydrogen (secondary N) is 1. The molecule has 0 aliphatic carbocycles. The zero-order valence-electron chi connectivity index (χ0n) is 16.5. The van der Waals surface area contributed by atoms with Gasteiger partial charge in [0.05, 0.1) is 10.9 Å². The van der Waals surface area contributed by atoms with Gasteiger partial charge in [0, 0.05) is 28.9 Å². The SMILES string of the molecule is CSc1ccc(C(C)NC(=O)C2CCN(S(=O)(=O)c3ccc(Cl)cc3)CC2)cc1. The number of carbonyl (C=O) groups is 1. The van der Waals surface area contributed by atoms with Gasteiger partial charge < -0.3 is 5.32 Å². The van der Waals surface area contributed by atoms with E-state index >= 15 is 0 Å². The van der Waals surface area contributed by atoms with Gasteiger partial charge in [-0.25, -0.2) is 8.42 Å². The van der Waals surface area contributed by atoms with Crippen molar-refractivity contribution in [1.82, 2.24) is 9.62 Å². The molecule has 1 saturated heterocycles. The Balaban J connectivity index is 1.56. The summed E-state index contributed by atoms with van der Waals surface area (Å²) in [6.07, 6.45) is 3.05. The van der Waals surface area contributed by atoms with Crippen molar-refractivity contribution < 1.29 is 13.2 Å². The molecule has 2 aromatic carbocycles. The molecular formula is C21H25ClN2O3S2. The summed E-state index contributed by atoms with van der Waals surface area (Å²) in [6.45, 7) is 2.63. The highest BCUT2D eigenvalue weighted by atomic mass is 35.5. The van der Waals surface area contributed by atoms with Gasteiger partial charge >= 0.3 is 0 Å². The van der Waals surface area contributed by atoms with Crippen LogP contribution in [0.25, 0.3) is 0 Å². The van der Waals surface area contributed by atoms with Crippen LogP contribution in [0.4, 0.5) is 0 Å². The first-order valence-electron chi connectivity index (χ1n) is 9.51. The summed E-state index contributed by atoms with van der Waals surface area (Å²) < 4.78 is 27.0. The van der Waals surface area contributed by atoms with Crippen molar-refractivity contribution in [2.45, 2.75) is 35.6 Å². The monoisotopic (exact) mass is 452 g/mol. The number of amides is 1. The number of piperidine rings is 1. The molecule has 0 saturated carbocycles. The molecule has 29 heavy (non-hydrogen) atoms. The lowest BCUT2D eigenvalue weighted by molar-refractivity contribution is -0.126. The lowest BCUT2D eigenvalue weighted by Crippen LogP contribution is -2.43. The Morgan fingerprint density at radius 1 is 1.10 bits per heavy atom. The molecule has 3 rings (SSSR count). The van der Waals surface area contributed by atoms with E-state index in [1.165, 1.54) is 21.3 Å². The Morgan fingerprint density at radius 3 is 2.24 bits per heavy atom. The quantitative estimate of drug-likeness (QED) is 0.662. The zero-order chi connectivity index (χ0) is 21.0. The summed E-state index contributed by atoms with van der Waals surface area (Å²) in [5, 5.41) is 3.56. The van der Waals surface area contributed by atoms with E-state index in [0.29, 0.717) is 31.0 Å². The molecular weight excluding hydrogens is 428 g/mol. The molecule has 0 bridgehead atoms. The highest BCUT2D eigenvalue weighted by Gasteiger charge is 2.32. The average Bonchev–Trinajstić information content (AvgIpc) is 2.74. The Morgan fingerprint density at radius 2 is 1.69 bits per heavy atom. The minimum absolute atomic E-state index is 0.0185. The van der Waals surface area contributed by atoms with Crippen LogP contribution < -0.4 is 5.32 Å². The number of benzene rings is 2. The third kappa shape index (κ3) is 5.34. The molecule has 0 radical (unpaired) electrons. The van der Waals surface area contributed by atoms with Crippen LogP contribution in [-0.2, 0) is 14.8 Å². The number of nitrogens with zero attached hydrogens (tertiary/aromatic N) is 1. The third-order valence-corrected chi connectivity index (χ3v) is 8.16. The minimum atomic E-state index is -3.56. The van der Waals surface area contributed by atoms with E-state index in [9.17, 15) is 13.2 Å². The Bertz CT molecular complexity index is 939. The first kappa shape index (κ1) is 22.2. The number of thioether (sulfide) groups is 1. The lowest BCUT2D eigenvalue weighted by atomic mass is 9.96. The first-order chi connectivity index (χ1) is 13.8. The van der Waals surface area contributed by atoms with Crippen LogP contribution in [0, 0.1) is 5.92 Å². The van der Waals surface area contributed by atoms with Crippen LogP contribution in [0.15, 0.2) is 58.3 Å². The Labute approximate surface area is 181 Å². The number of halogens is 1. The summed E-state index contributed by atoms with van der Waals surface area (Å²) in [7, 11) is -3.56. The highest BCUT2D eigenvalue weighted by molar-refractivity contribution is 7.98. The van der Waals surface area contributed by atoms with Crippen LogP contribution in [-0.4, -0.2) is 38.0 Å². The summed E-state index contributed by atoms with van der Waals surface area (Å²) in [5.74, 6) is -0.199. The van der Waals surface area contributed by atoms with Crippen molar-refractivity contribution in [2.24, 2.45) is 5.92 Å². The molecule has 2 aromatic rings. The maximum atomic E-state index is 12.8. The topological polar surface area (TPSA) is 66.5 Å². The van der Waals surface area contributed by atoms with Crippen LogP contribution in [0.5, 0.6) is 0 Å². The predicted octanol–water partition coefficient (Wildman–Crippen LogP) is 4.34. The van der Waals surface area contributed by atoms with Crippen LogP contribution in [0.2, 0.25) is 5.02 Å². The molecule has 1 fully saturated rings. The fourth-order valence-corrected chi connectivity index (χ4v) is 5.43. The summed E-state index contributed by atoms with van der Waals surface area (Å²) in [6, 6.07) is 14.2. The van der Waals surface area contributed by atoms with E-state index in [1.807, 2.05) is 37.4 Å². The predicted molar refractivity (Wildman–Crippen MR) is 118 cm³/mol. The van der Waals surface area contributed by atoms with Gasteiger partial charge in [-0.1, -0.05) is 23.7 Å². The minimum Gasteiger partial charge on any atom is -0.349 e. The van der Waals surface area contributed by atoms with Crippen molar-refractivity contribution >= 4 is 39.3 Å². The van der Waals surface area contributed by atoms with Crippen molar-refractivity contribution in [3.8, 4) is 0 Å². The maximum absolute atomic E-state index is 12.8. The number of sulfonamides is 1. The molecule has 1 unspecified atom stereocenters. The molecule has 0 aromatic heterocycles. The van der Waals surface area contributed by atoms with Crippen LogP contribution >= 0.6 is 23.4 Å². The average molecular weight is 453 g/mol. The zero-order valence-corrected chi connectivity index (χ0v) is 18.9. The Kier molecular flexibility index (Phi) is 7.27. The normalized spacial score (nSPS) is 17.1. The van der Waals surface area contributed by atoms with E-state index in [2.05, 4.69) is 5.32 Å². The molecule has 1 heterocycles. The maximum Gasteiger partial charge on any atom is 0.243 e. The summed E-state index contributed by atoms with van der Waals surface area (Å²) in [4.78, 5) is 14.1. The lowest BCUT2D eigenvalue weighted by Gasteiger charge is -2.31. The molecule has 156 valence electrons. The number of carbonyl (C=O) groups excluding carboxylic acids is 1. The number of rotatable bonds is 6. The van der Waals surface area contributed by atoms with Crippen molar-refractivity contribution in [2.75, 3.05) is 19.3 Å². The fourth-order valence-electron chi connectivity index (χ4n) is 3.42. The molecule has 1 amide bonds. The van der Waals surface area contributed by atoms with Gasteiger partial charge in [-0.3, -0.25) is 4.79 Å². The standard InChI is InChI=1S/C21H25ClN2O3S2/c1-15(16-3-7-19(28-2)8-4-16)23-21(25)17-11-13-24(14-12-17)29(26,27)20-9-5-18(22)6-10-20/h3-10,15,17H,11-14H2,1-2H3,(H,23,25). The second-order valence-electron chi connectivity index (χ2n) is 7.14. The van der Waals surface area contributed by atoms with Gasteiger partial charge in [0.1, 0.15) is 0 Å².